The first-order chi connectivity index (χ1) is 10.6. The summed E-state index contributed by atoms with van der Waals surface area (Å²) in [5.41, 5.74) is 3.46. The Morgan fingerprint density at radius 1 is 0.545 bits per heavy atom. The highest BCUT2D eigenvalue weighted by Crippen LogP contribution is 2.35. The van der Waals surface area contributed by atoms with Crippen LogP contribution in [0.2, 0.25) is 0 Å². The van der Waals surface area contributed by atoms with Crippen LogP contribution in [0.25, 0.3) is 0 Å². The Morgan fingerprint density at radius 3 is 1.23 bits per heavy atom. The number of anilines is 3. The Labute approximate surface area is 166 Å². The van der Waals surface area contributed by atoms with E-state index in [-0.39, 0.29) is 0 Å². The average Bonchev–Trinajstić information content (AvgIpc) is 2.53. The third-order valence-corrected chi connectivity index (χ3v) is 5.22. The zero-order valence-electron chi connectivity index (χ0n) is 11.5. The van der Waals surface area contributed by atoms with Crippen LogP contribution in [0.4, 0.5) is 17.1 Å². The molecule has 3 rings (SSSR count). The van der Waals surface area contributed by atoms with Crippen molar-refractivity contribution in [1.82, 2.24) is 0 Å². The van der Waals surface area contributed by atoms with Crippen molar-refractivity contribution in [2.45, 2.75) is 0 Å². The van der Waals surface area contributed by atoms with Crippen molar-refractivity contribution >= 4 is 78.2 Å². The molecule has 0 saturated carbocycles. The van der Waals surface area contributed by atoms with Crippen molar-refractivity contribution in [3.05, 3.63) is 84.4 Å². The van der Waals surface area contributed by atoms with E-state index >= 15 is 0 Å². The first-order valence-electron chi connectivity index (χ1n) is 6.70. The fourth-order valence-electron chi connectivity index (χ4n) is 2.22. The molecule has 3 aromatic rings. The van der Waals surface area contributed by atoms with Gasteiger partial charge in [0, 0.05) is 28.7 Å². The van der Waals surface area contributed by atoms with Crippen molar-refractivity contribution < 1.29 is 0 Å². The molecular formula is C18H12BrI2N. The maximum atomic E-state index is 3.51. The van der Waals surface area contributed by atoms with Crippen LogP contribution in [-0.4, -0.2) is 0 Å². The fourth-order valence-corrected chi connectivity index (χ4v) is 3.20. The van der Waals surface area contributed by atoms with Crippen molar-refractivity contribution in [3.63, 3.8) is 0 Å². The molecule has 0 aliphatic rings. The van der Waals surface area contributed by atoms with E-state index in [1.807, 2.05) is 0 Å². The second kappa shape index (κ2) is 7.31. The first-order valence-corrected chi connectivity index (χ1v) is 9.65. The number of benzene rings is 3. The molecule has 0 spiro atoms. The fraction of sp³-hybridized carbons (Fsp3) is 0. The molecule has 0 bridgehead atoms. The van der Waals surface area contributed by atoms with Gasteiger partial charge in [-0.05, 0) is 118 Å². The highest BCUT2D eigenvalue weighted by Gasteiger charge is 2.12. The number of rotatable bonds is 3. The summed E-state index contributed by atoms with van der Waals surface area (Å²) in [7, 11) is 0. The normalized spacial score (nSPS) is 10.5. The lowest BCUT2D eigenvalue weighted by molar-refractivity contribution is 1.28. The maximum Gasteiger partial charge on any atom is 0.0462 e. The molecule has 0 amide bonds. The predicted octanol–water partition coefficient (Wildman–Crippen LogP) is 7.13. The smallest absolute Gasteiger partial charge is 0.0462 e. The minimum atomic E-state index is 1.08. The van der Waals surface area contributed by atoms with Gasteiger partial charge in [-0.1, -0.05) is 15.9 Å². The van der Waals surface area contributed by atoms with E-state index in [1.54, 1.807) is 0 Å². The lowest BCUT2D eigenvalue weighted by Crippen LogP contribution is -2.09. The van der Waals surface area contributed by atoms with Gasteiger partial charge in [0.05, 0.1) is 0 Å². The molecule has 0 fully saturated rings. The van der Waals surface area contributed by atoms with Crippen LogP contribution in [0.1, 0.15) is 0 Å². The third kappa shape index (κ3) is 3.83. The molecule has 0 saturated heterocycles. The molecule has 0 aliphatic carbocycles. The first kappa shape index (κ1) is 16.3. The Morgan fingerprint density at radius 2 is 0.864 bits per heavy atom. The quantitative estimate of drug-likeness (QED) is 0.300. The molecule has 0 aliphatic heterocycles. The number of hydrogen-bond donors (Lipinski definition) is 0. The number of hydrogen-bond acceptors (Lipinski definition) is 1. The van der Waals surface area contributed by atoms with E-state index in [9.17, 15) is 0 Å². The van der Waals surface area contributed by atoms with E-state index in [1.165, 1.54) is 7.14 Å². The zero-order chi connectivity index (χ0) is 15.5. The van der Waals surface area contributed by atoms with E-state index in [4.69, 9.17) is 0 Å². The summed E-state index contributed by atoms with van der Waals surface area (Å²) < 4.78 is 3.56. The molecule has 0 heterocycles. The molecule has 110 valence electrons. The van der Waals surface area contributed by atoms with Crippen LogP contribution < -0.4 is 4.90 Å². The van der Waals surface area contributed by atoms with Crippen molar-refractivity contribution in [3.8, 4) is 0 Å². The van der Waals surface area contributed by atoms with E-state index < -0.39 is 0 Å². The van der Waals surface area contributed by atoms with E-state index in [0.717, 1.165) is 21.5 Å². The Balaban J connectivity index is 2.10. The summed E-state index contributed by atoms with van der Waals surface area (Å²) in [6, 6.07) is 25.5. The number of nitrogens with zero attached hydrogens (tertiary/aromatic N) is 1. The van der Waals surface area contributed by atoms with Gasteiger partial charge in [0.15, 0.2) is 0 Å². The molecule has 4 heteroatoms. The lowest BCUT2D eigenvalue weighted by atomic mass is 10.2. The van der Waals surface area contributed by atoms with Gasteiger partial charge in [0.1, 0.15) is 0 Å². The largest absolute Gasteiger partial charge is 0.311 e. The van der Waals surface area contributed by atoms with Gasteiger partial charge in [-0.25, -0.2) is 0 Å². The van der Waals surface area contributed by atoms with Gasteiger partial charge in [0.2, 0.25) is 0 Å². The lowest BCUT2D eigenvalue weighted by Gasteiger charge is -2.25. The zero-order valence-corrected chi connectivity index (χ0v) is 17.4. The van der Waals surface area contributed by atoms with Crippen LogP contribution in [0.15, 0.2) is 77.3 Å². The van der Waals surface area contributed by atoms with Crippen molar-refractivity contribution in [1.29, 1.82) is 0 Å². The molecule has 0 N–H and O–H groups in total. The van der Waals surface area contributed by atoms with Gasteiger partial charge in [-0.3, -0.25) is 0 Å². The summed E-state index contributed by atoms with van der Waals surface area (Å²) in [4.78, 5) is 2.26. The minimum absolute atomic E-state index is 1.08. The standard InChI is InChI=1S/C18H12BrI2N/c19-13-1-7-16(8-2-13)22(17-9-3-14(20)4-10-17)18-11-5-15(21)6-12-18/h1-12H. The van der Waals surface area contributed by atoms with E-state index in [0.29, 0.717) is 0 Å². The van der Waals surface area contributed by atoms with Crippen LogP contribution >= 0.6 is 61.1 Å². The number of halogens is 3. The monoisotopic (exact) mass is 575 g/mol. The molecule has 0 aromatic heterocycles. The van der Waals surface area contributed by atoms with Gasteiger partial charge >= 0.3 is 0 Å². The van der Waals surface area contributed by atoms with Crippen molar-refractivity contribution in [2.75, 3.05) is 4.90 Å². The van der Waals surface area contributed by atoms with Crippen molar-refractivity contribution in [2.24, 2.45) is 0 Å². The molecule has 0 unspecified atom stereocenters. The predicted molar refractivity (Wildman–Crippen MR) is 114 cm³/mol. The van der Waals surface area contributed by atoms with Gasteiger partial charge in [0.25, 0.3) is 0 Å². The average molecular weight is 576 g/mol. The minimum Gasteiger partial charge on any atom is -0.311 e. The molecule has 3 aromatic carbocycles. The Bertz CT molecular complexity index is 644. The van der Waals surface area contributed by atoms with E-state index in [2.05, 4.69) is 139 Å². The second-order valence-electron chi connectivity index (χ2n) is 4.76. The topological polar surface area (TPSA) is 3.24 Å². The Kier molecular flexibility index (Phi) is 5.41. The van der Waals surface area contributed by atoms with Crippen LogP contribution in [0.3, 0.4) is 0 Å². The Hall–Kier alpha value is -0.600. The summed E-state index contributed by atoms with van der Waals surface area (Å²) in [6.45, 7) is 0. The summed E-state index contributed by atoms with van der Waals surface area (Å²) in [5.74, 6) is 0. The van der Waals surface area contributed by atoms with Gasteiger partial charge in [-0.15, -0.1) is 0 Å². The highest BCUT2D eigenvalue weighted by molar-refractivity contribution is 14.1. The molecule has 22 heavy (non-hydrogen) atoms. The summed E-state index contributed by atoms with van der Waals surface area (Å²) in [5, 5.41) is 0. The molecule has 1 nitrogen and oxygen atoms in total. The summed E-state index contributed by atoms with van der Waals surface area (Å²) in [6.07, 6.45) is 0. The third-order valence-electron chi connectivity index (χ3n) is 3.25. The van der Waals surface area contributed by atoms with Gasteiger partial charge in [-0.2, -0.15) is 0 Å². The SMILES string of the molecule is Brc1ccc(N(c2ccc(I)cc2)c2ccc(I)cc2)cc1. The molecule has 0 radical (unpaired) electrons. The van der Waals surface area contributed by atoms with Crippen LogP contribution in [0.5, 0.6) is 0 Å². The molecule has 0 atom stereocenters. The molecular weight excluding hydrogens is 564 g/mol. The highest BCUT2D eigenvalue weighted by atomic mass is 127. The summed E-state index contributed by atoms with van der Waals surface area (Å²) >= 11 is 8.17. The maximum absolute atomic E-state index is 3.51. The van der Waals surface area contributed by atoms with Crippen LogP contribution in [-0.2, 0) is 0 Å². The van der Waals surface area contributed by atoms with Gasteiger partial charge < -0.3 is 4.90 Å². The second-order valence-corrected chi connectivity index (χ2v) is 8.17. The van der Waals surface area contributed by atoms with Crippen LogP contribution in [0, 0.1) is 7.14 Å².